The fourth-order valence-corrected chi connectivity index (χ4v) is 3.75. The number of nitrogens with two attached hydrogens (primary N) is 1. The normalized spacial score (nSPS) is 14.6. The van der Waals surface area contributed by atoms with Gasteiger partial charge in [-0.2, -0.15) is 11.8 Å². The molecule has 8 N–H and O–H groups in total. The molecule has 3 amide bonds. The quantitative estimate of drug-likeness (QED) is 0.289. The van der Waals surface area contributed by atoms with Crippen LogP contribution in [0.25, 0.3) is 0 Å². The molecule has 12 heteroatoms. The van der Waals surface area contributed by atoms with Crippen LogP contribution in [0.2, 0.25) is 0 Å². The molecule has 0 fully saturated rings. The first kappa shape index (κ1) is 31.2. The Balaban J connectivity index is 0.00000342. The highest BCUT2D eigenvalue weighted by atomic mass is 32.2. The summed E-state index contributed by atoms with van der Waals surface area (Å²) >= 11 is 1.62. The molecule has 0 saturated heterocycles. The molecule has 200 valence electrons. The Morgan fingerprint density at radius 2 is 1.86 bits per heavy atom. The Labute approximate surface area is 219 Å². The lowest BCUT2D eigenvalue weighted by molar-refractivity contribution is -0.126. The number of anilines is 1. The maximum atomic E-state index is 13.0. The number of thioether (sulfide) groups is 1. The van der Waals surface area contributed by atoms with Gasteiger partial charge in [0.1, 0.15) is 24.1 Å². The van der Waals surface area contributed by atoms with Crippen LogP contribution >= 0.6 is 11.8 Å². The number of hydrogen-bond acceptors (Lipinski definition) is 7. The van der Waals surface area contributed by atoms with Gasteiger partial charge in [0, 0.05) is 37.4 Å². The van der Waals surface area contributed by atoms with Gasteiger partial charge in [-0.3, -0.25) is 19.2 Å². The van der Waals surface area contributed by atoms with E-state index in [1.807, 2.05) is 24.5 Å². The number of likely N-dealkylation sites (N-methyl/N-ethyl adjacent to an activating group) is 1. The van der Waals surface area contributed by atoms with E-state index >= 15 is 0 Å². The SMILES string of the molecule is CSCCNC(=O)c1ccc2c(c1)N(C)C(=O)[C@@H](NC(=O)C(N)=CC(=O)Cc1ccccc1)CO2.O.O. The van der Waals surface area contributed by atoms with Gasteiger partial charge < -0.3 is 37.0 Å². The first-order valence-corrected chi connectivity index (χ1v) is 12.4. The van der Waals surface area contributed by atoms with Gasteiger partial charge in [0.25, 0.3) is 17.7 Å². The second-order valence-electron chi connectivity index (χ2n) is 7.89. The molecule has 1 aliphatic rings. The number of nitrogens with zero attached hydrogens (tertiary/aromatic N) is 1. The Bertz CT molecular complexity index is 1140. The van der Waals surface area contributed by atoms with Crippen molar-refractivity contribution < 1.29 is 34.9 Å². The monoisotopic (exact) mass is 532 g/mol. The Kier molecular flexibility index (Phi) is 12.3. The van der Waals surface area contributed by atoms with Crippen LogP contribution in [-0.4, -0.2) is 72.7 Å². The van der Waals surface area contributed by atoms with E-state index in [1.165, 1.54) is 11.9 Å². The molecule has 0 spiro atoms. The number of fused-ring (bicyclic) bond motifs is 1. The summed E-state index contributed by atoms with van der Waals surface area (Å²) < 4.78 is 5.74. The zero-order valence-corrected chi connectivity index (χ0v) is 21.4. The first-order valence-electron chi connectivity index (χ1n) is 11.0. The summed E-state index contributed by atoms with van der Waals surface area (Å²) in [6.07, 6.45) is 3.12. The van der Waals surface area contributed by atoms with Crippen molar-refractivity contribution in [3.63, 3.8) is 0 Å². The van der Waals surface area contributed by atoms with E-state index in [-0.39, 0.29) is 41.4 Å². The van der Waals surface area contributed by atoms with E-state index in [4.69, 9.17) is 10.5 Å². The van der Waals surface area contributed by atoms with E-state index in [1.54, 1.807) is 42.1 Å². The molecule has 1 aliphatic heterocycles. The minimum absolute atomic E-state index is 0. The molecule has 0 unspecified atom stereocenters. The molecule has 1 atom stereocenters. The molecule has 0 aliphatic carbocycles. The number of allylic oxidation sites excluding steroid dienone is 1. The number of ketones is 1. The number of carbonyl (C=O) groups excluding carboxylic acids is 4. The summed E-state index contributed by atoms with van der Waals surface area (Å²) in [5.74, 6) is -0.591. The van der Waals surface area contributed by atoms with Gasteiger partial charge in [-0.05, 0) is 30.0 Å². The zero-order valence-electron chi connectivity index (χ0n) is 20.6. The summed E-state index contributed by atoms with van der Waals surface area (Å²) in [6.45, 7) is 0.395. The summed E-state index contributed by atoms with van der Waals surface area (Å²) in [7, 11) is 1.53. The maximum absolute atomic E-state index is 13.0. The van der Waals surface area contributed by atoms with Crippen LogP contribution in [0.1, 0.15) is 15.9 Å². The van der Waals surface area contributed by atoms with Crippen LogP contribution in [0.3, 0.4) is 0 Å². The Morgan fingerprint density at radius 1 is 1.16 bits per heavy atom. The molecule has 11 nitrogen and oxygen atoms in total. The summed E-state index contributed by atoms with van der Waals surface area (Å²) in [6, 6.07) is 12.8. The molecular formula is C25H32N4O7S. The van der Waals surface area contributed by atoms with Crippen molar-refractivity contribution >= 4 is 41.0 Å². The predicted octanol–water partition coefficient (Wildman–Crippen LogP) is -0.376. The fourth-order valence-electron chi connectivity index (χ4n) is 3.44. The van der Waals surface area contributed by atoms with Crippen molar-refractivity contribution in [3.05, 3.63) is 71.4 Å². The highest BCUT2D eigenvalue weighted by molar-refractivity contribution is 7.98. The molecule has 2 aromatic rings. The number of rotatable bonds is 9. The minimum atomic E-state index is -1.03. The van der Waals surface area contributed by atoms with E-state index in [0.29, 0.717) is 23.5 Å². The fraction of sp³-hybridized carbons (Fsp3) is 0.280. The Morgan fingerprint density at radius 3 is 2.54 bits per heavy atom. The molecule has 2 aromatic carbocycles. The number of carbonyl (C=O) groups is 4. The first-order chi connectivity index (χ1) is 16.8. The van der Waals surface area contributed by atoms with Crippen molar-refractivity contribution in [2.24, 2.45) is 5.73 Å². The molecule has 0 aromatic heterocycles. The van der Waals surface area contributed by atoms with Crippen molar-refractivity contribution in [1.82, 2.24) is 10.6 Å². The van der Waals surface area contributed by atoms with Gasteiger partial charge >= 0.3 is 0 Å². The third kappa shape index (κ3) is 8.34. The zero-order chi connectivity index (χ0) is 25.4. The lowest BCUT2D eigenvalue weighted by Crippen LogP contribution is -2.50. The smallest absolute Gasteiger partial charge is 0.268 e. The molecule has 0 saturated carbocycles. The molecule has 3 rings (SSSR count). The predicted molar refractivity (Wildman–Crippen MR) is 143 cm³/mol. The summed E-state index contributed by atoms with van der Waals surface area (Å²) in [4.78, 5) is 51.6. The number of amides is 3. The highest BCUT2D eigenvalue weighted by Crippen LogP contribution is 2.31. The number of benzene rings is 2. The van der Waals surface area contributed by atoms with Crippen molar-refractivity contribution in [2.75, 3.05) is 37.1 Å². The second-order valence-corrected chi connectivity index (χ2v) is 8.88. The van der Waals surface area contributed by atoms with Gasteiger partial charge in [0.15, 0.2) is 5.78 Å². The van der Waals surface area contributed by atoms with E-state index in [9.17, 15) is 19.2 Å². The van der Waals surface area contributed by atoms with Crippen LogP contribution in [0.5, 0.6) is 5.75 Å². The Hall–Kier alpha value is -3.87. The molecule has 1 heterocycles. The maximum Gasteiger partial charge on any atom is 0.268 e. The lowest BCUT2D eigenvalue weighted by atomic mass is 10.1. The van der Waals surface area contributed by atoms with Crippen molar-refractivity contribution in [1.29, 1.82) is 0 Å². The summed E-state index contributed by atoms with van der Waals surface area (Å²) in [5.41, 5.74) is 7.11. The van der Waals surface area contributed by atoms with Gasteiger partial charge in [-0.15, -0.1) is 0 Å². The average Bonchev–Trinajstić information content (AvgIpc) is 2.96. The van der Waals surface area contributed by atoms with Crippen LogP contribution < -0.4 is 26.0 Å². The van der Waals surface area contributed by atoms with Crippen LogP contribution in [0.4, 0.5) is 5.69 Å². The van der Waals surface area contributed by atoms with Crippen LogP contribution in [0.15, 0.2) is 60.3 Å². The molecular weight excluding hydrogens is 500 g/mol. The largest absolute Gasteiger partial charge is 0.489 e. The summed E-state index contributed by atoms with van der Waals surface area (Å²) in [5, 5.41) is 5.35. The number of nitrogens with one attached hydrogen (secondary N) is 2. The third-order valence-corrected chi connectivity index (χ3v) is 5.93. The van der Waals surface area contributed by atoms with E-state index < -0.39 is 17.9 Å². The standard InChI is InChI=1S/C25H28N4O5S.2H2O/c1-29-21-13-17(23(31)27-10-11-35-2)8-9-22(21)34-15-20(25(29)33)28-24(32)19(26)14-18(30)12-16-6-4-3-5-7-16;;/h3-9,13-14,20H,10-12,15,26H2,1-2H3,(H,27,31)(H,28,32);2*1H2/t20-;;/m0../s1. The lowest BCUT2D eigenvalue weighted by Gasteiger charge is -2.20. The topological polar surface area (TPSA) is 194 Å². The minimum Gasteiger partial charge on any atom is -0.489 e. The number of ether oxygens (including phenoxy) is 1. The van der Waals surface area contributed by atoms with Gasteiger partial charge in [0.2, 0.25) is 0 Å². The van der Waals surface area contributed by atoms with E-state index in [2.05, 4.69) is 10.6 Å². The second kappa shape index (κ2) is 14.6. The van der Waals surface area contributed by atoms with Gasteiger partial charge in [-0.1, -0.05) is 30.3 Å². The highest BCUT2D eigenvalue weighted by Gasteiger charge is 2.31. The molecule has 37 heavy (non-hydrogen) atoms. The van der Waals surface area contributed by atoms with Gasteiger partial charge in [0.05, 0.1) is 5.69 Å². The average molecular weight is 533 g/mol. The van der Waals surface area contributed by atoms with Gasteiger partial charge in [-0.25, -0.2) is 0 Å². The number of hydrogen-bond donors (Lipinski definition) is 3. The van der Waals surface area contributed by atoms with E-state index in [0.717, 1.165) is 17.4 Å². The van der Waals surface area contributed by atoms with Crippen LogP contribution in [-0.2, 0) is 20.8 Å². The molecule has 0 radical (unpaired) electrons. The van der Waals surface area contributed by atoms with Crippen molar-refractivity contribution in [3.8, 4) is 5.75 Å². The van der Waals surface area contributed by atoms with Crippen molar-refractivity contribution in [2.45, 2.75) is 12.5 Å². The third-order valence-electron chi connectivity index (χ3n) is 5.31. The van der Waals surface area contributed by atoms with Crippen LogP contribution in [0, 0.1) is 0 Å². The molecule has 0 bridgehead atoms.